The molecule has 3 aromatic rings. The van der Waals surface area contributed by atoms with Gasteiger partial charge in [0.15, 0.2) is 0 Å². The predicted octanol–water partition coefficient (Wildman–Crippen LogP) is 2.13. The van der Waals surface area contributed by atoms with Crippen molar-refractivity contribution < 1.29 is 0 Å². The Morgan fingerprint density at radius 3 is 2.81 bits per heavy atom. The summed E-state index contributed by atoms with van der Waals surface area (Å²) < 4.78 is 1.90. The highest BCUT2D eigenvalue weighted by molar-refractivity contribution is 5.73. The van der Waals surface area contributed by atoms with Crippen LogP contribution in [-0.2, 0) is 13.1 Å². The molecule has 0 saturated heterocycles. The Bertz CT molecular complexity index is 760. The summed E-state index contributed by atoms with van der Waals surface area (Å²) in [6.07, 6.45) is 2.59. The molecule has 0 radical (unpaired) electrons. The van der Waals surface area contributed by atoms with Crippen LogP contribution in [0.25, 0.3) is 11.0 Å². The van der Waals surface area contributed by atoms with Gasteiger partial charge in [-0.1, -0.05) is 23.4 Å². The van der Waals surface area contributed by atoms with Gasteiger partial charge in [0, 0.05) is 12.6 Å². The molecule has 0 spiro atoms. The predicted molar refractivity (Wildman–Crippen MR) is 80.7 cm³/mol. The van der Waals surface area contributed by atoms with Crippen LogP contribution in [0.2, 0.25) is 0 Å². The molecule has 2 aromatic heterocycles. The van der Waals surface area contributed by atoms with Crippen LogP contribution < -0.4 is 5.32 Å². The number of hydrogen-bond acceptors (Lipinski definition) is 4. The number of benzene rings is 1. The van der Waals surface area contributed by atoms with E-state index in [-0.39, 0.29) is 0 Å². The second-order valence-electron chi connectivity index (χ2n) is 5.51. The van der Waals surface area contributed by atoms with Crippen LogP contribution in [0.15, 0.2) is 42.5 Å². The molecular weight excluding hydrogens is 262 g/mol. The molecule has 1 N–H and O–H groups in total. The van der Waals surface area contributed by atoms with Crippen LogP contribution in [0, 0.1) is 0 Å². The monoisotopic (exact) mass is 279 g/mol. The second-order valence-corrected chi connectivity index (χ2v) is 5.51. The zero-order valence-corrected chi connectivity index (χ0v) is 11.7. The Morgan fingerprint density at radius 2 is 1.90 bits per heavy atom. The van der Waals surface area contributed by atoms with Crippen LogP contribution >= 0.6 is 0 Å². The molecule has 0 aliphatic heterocycles. The third kappa shape index (κ3) is 2.78. The zero-order valence-electron chi connectivity index (χ0n) is 11.7. The van der Waals surface area contributed by atoms with Gasteiger partial charge in [-0.3, -0.25) is 4.98 Å². The van der Waals surface area contributed by atoms with E-state index in [2.05, 4.69) is 27.8 Å². The van der Waals surface area contributed by atoms with Gasteiger partial charge < -0.3 is 5.32 Å². The van der Waals surface area contributed by atoms with Crippen molar-refractivity contribution >= 4 is 11.0 Å². The van der Waals surface area contributed by atoms with Gasteiger partial charge in [-0.2, -0.15) is 0 Å². The summed E-state index contributed by atoms with van der Waals surface area (Å²) >= 11 is 0. The van der Waals surface area contributed by atoms with E-state index in [1.807, 2.05) is 35.0 Å². The highest BCUT2D eigenvalue weighted by atomic mass is 15.4. The summed E-state index contributed by atoms with van der Waals surface area (Å²) in [6, 6.07) is 14.9. The summed E-state index contributed by atoms with van der Waals surface area (Å²) in [4.78, 5) is 4.70. The first-order valence-corrected chi connectivity index (χ1v) is 7.35. The molecule has 1 saturated carbocycles. The van der Waals surface area contributed by atoms with Gasteiger partial charge in [0.2, 0.25) is 0 Å². The van der Waals surface area contributed by atoms with Crippen molar-refractivity contribution in [2.45, 2.75) is 32.0 Å². The highest BCUT2D eigenvalue weighted by Gasteiger charge is 2.20. The van der Waals surface area contributed by atoms with Gasteiger partial charge in [0.1, 0.15) is 5.52 Å². The van der Waals surface area contributed by atoms with Gasteiger partial charge in [0.05, 0.1) is 23.4 Å². The fraction of sp³-hybridized carbons (Fsp3) is 0.312. The van der Waals surface area contributed by atoms with Crippen LogP contribution in [0.3, 0.4) is 0 Å². The number of rotatable bonds is 5. The quantitative estimate of drug-likeness (QED) is 0.777. The van der Waals surface area contributed by atoms with E-state index in [1.54, 1.807) is 0 Å². The highest BCUT2D eigenvalue weighted by Crippen LogP contribution is 2.19. The van der Waals surface area contributed by atoms with E-state index < -0.39 is 0 Å². The summed E-state index contributed by atoms with van der Waals surface area (Å²) in [6.45, 7) is 1.49. The van der Waals surface area contributed by atoms with Crippen LogP contribution in [0.5, 0.6) is 0 Å². The smallest absolute Gasteiger partial charge is 0.113 e. The van der Waals surface area contributed by atoms with Gasteiger partial charge in [0.25, 0.3) is 0 Å². The van der Waals surface area contributed by atoms with E-state index in [0.717, 1.165) is 29.0 Å². The fourth-order valence-corrected chi connectivity index (χ4v) is 2.44. The minimum absolute atomic E-state index is 0.651. The minimum atomic E-state index is 0.651. The molecule has 5 heteroatoms. The summed E-state index contributed by atoms with van der Waals surface area (Å²) in [5.74, 6) is 0. The summed E-state index contributed by atoms with van der Waals surface area (Å²) in [5.41, 5.74) is 4.06. The number of fused-ring (bicyclic) bond motifs is 1. The first kappa shape index (κ1) is 12.5. The molecule has 4 rings (SSSR count). The molecule has 106 valence electrons. The SMILES string of the molecule is c1cc(CNC2CC2)nc(Cn2nnc3ccccc32)c1. The van der Waals surface area contributed by atoms with E-state index in [0.29, 0.717) is 12.6 Å². The van der Waals surface area contributed by atoms with Crippen molar-refractivity contribution in [2.75, 3.05) is 0 Å². The van der Waals surface area contributed by atoms with Crippen LogP contribution in [0.1, 0.15) is 24.2 Å². The molecule has 0 unspecified atom stereocenters. The van der Waals surface area contributed by atoms with Gasteiger partial charge in [-0.05, 0) is 37.1 Å². The maximum atomic E-state index is 4.70. The van der Waals surface area contributed by atoms with Crippen molar-refractivity contribution in [3.63, 3.8) is 0 Å². The Hall–Kier alpha value is -2.27. The standard InChI is InChI=1S/C16H17N5/c1-2-7-16-15(6-1)19-20-21(16)11-14-5-3-4-13(18-14)10-17-12-8-9-12/h1-7,12,17H,8-11H2. The third-order valence-electron chi connectivity index (χ3n) is 3.75. The van der Waals surface area contributed by atoms with Crippen molar-refractivity contribution in [3.8, 4) is 0 Å². The lowest BCUT2D eigenvalue weighted by Crippen LogP contribution is -2.16. The van der Waals surface area contributed by atoms with Crippen molar-refractivity contribution in [2.24, 2.45) is 0 Å². The van der Waals surface area contributed by atoms with Crippen LogP contribution in [-0.4, -0.2) is 26.0 Å². The van der Waals surface area contributed by atoms with E-state index in [9.17, 15) is 0 Å². The average Bonchev–Trinajstić information content (AvgIpc) is 3.27. The lowest BCUT2D eigenvalue weighted by molar-refractivity contribution is 0.641. The van der Waals surface area contributed by atoms with Crippen molar-refractivity contribution in [3.05, 3.63) is 53.9 Å². The number of nitrogens with zero attached hydrogens (tertiary/aromatic N) is 4. The van der Waals surface area contributed by atoms with E-state index in [1.165, 1.54) is 12.8 Å². The molecule has 1 aliphatic rings. The Labute approximate surface area is 123 Å². The zero-order chi connectivity index (χ0) is 14.1. The molecule has 0 bridgehead atoms. The largest absolute Gasteiger partial charge is 0.308 e. The Morgan fingerprint density at radius 1 is 1.05 bits per heavy atom. The van der Waals surface area contributed by atoms with Crippen LogP contribution in [0.4, 0.5) is 0 Å². The fourth-order valence-electron chi connectivity index (χ4n) is 2.44. The lowest BCUT2D eigenvalue weighted by atomic mass is 10.3. The molecule has 5 nitrogen and oxygen atoms in total. The Kier molecular flexibility index (Phi) is 3.12. The first-order chi connectivity index (χ1) is 10.4. The Balaban J connectivity index is 1.54. The van der Waals surface area contributed by atoms with Gasteiger partial charge >= 0.3 is 0 Å². The topological polar surface area (TPSA) is 55.6 Å². The van der Waals surface area contributed by atoms with E-state index in [4.69, 9.17) is 4.98 Å². The maximum Gasteiger partial charge on any atom is 0.113 e. The molecule has 1 fully saturated rings. The van der Waals surface area contributed by atoms with Crippen molar-refractivity contribution in [1.29, 1.82) is 0 Å². The number of hydrogen-bond donors (Lipinski definition) is 1. The molecule has 0 amide bonds. The number of nitrogens with one attached hydrogen (secondary N) is 1. The first-order valence-electron chi connectivity index (χ1n) is 7.35. The minimum Gasteiger partial charge on any atom is -0.308 e. The van der Waals surface area contributed by atoms with Crippen molar-refractivity contribution in [1.82, 2.24) is 25.3 Å². The molecule has 2 heterocycles. The number of para-hydroxylation sites is 1. The normalized spacial score (nSPS) is 14.7. The molecule has 1 aliphatic carbocycles. The summed E-state index contributed by atoms with van der Waals surface area (Å²) in [7, 11) is 0. The number of pyridine rings is 1. The number of aromatic nitrogens is 4. The third-order valence-corrected chi connectivity index (χ3v) is 3.75. The average molecular weight is 279 g/mol. The van der Waals surface area contributed by atoms with Gasteiger partial charge in [-0.15, -0.1) is 5.10 Å². The molecule has 1 aromatic carbocycles. The molecular formula is C16H17N5. The lowest BCUT2D eigenvalue weighted by Gasteiger charge is -2.06. The maximum absolute atomic E-state index is 4.70. The molecule has 21 heavy (non-hydrogen) atoms. The second kappa shape index (κ2) is 5.26. The molecule has 0 atom stereocenters. The van der Waals surface area contributed by atoms with Gasteiger partial charge in [-0.25, -0.2) is 4.68 Å². The summed E-state index contributed by atoms with van der Waals surface area (Å²) in [5, 5.41) is 11.9. The van der Waals surface area contributed by atoms with E-state index >= 15 is 0 Å².